The molecule has 0 aliphatic carbocycles. The summed E-state index contributed by atoms with van der Waals surface area (Å²) in [4.78, 5) is 4.12. The molecule has 0 saturated heterocycles. The number of pyridine rings is 1. The Morgan fingerprint density at radius 1 is 1.04 bits per heavy atom. The van der Waals surface area contributed by atoms with Crippen molar-refractivity contribution in [2.45, 2.75) is 19.7 Å². The lowest BCUT2D eigenvalue weighted by molar-refractivity contribution is 0.284. The van der Waals surface area contributed by atoms with Crippen LogP contribution in [0.15, 0.2) is 65.4 Å². The summed E-state index contributed by atoms with van der Waals surface area (Å²) in [6, 6.07) is 15.5. The average molecular weight is 448 g/mol. The Morgan fingerprint density at radius 2 is 1.89 bits per heavy atom. The predicted molar refractivity (Wildman–Crippen MR) is 111 cm³/mol. The van der Waals surface area contributed by atoms with E-state index in [1.807, 2.05) is 54.7 Å². The van der Waals surface area contributed by atoms with Crippen LogP contribution in [-0.4, -0.2) is 12.1 Å². The average Bonchev–Trinajstić information content (AvgIpc) is 2.69. The topological polar surface area (TPSA) is 43.4 Å². The third kappa shape index (κ3) is 5.45. The van der Waals surface area contributed by atoms with Crippen molar-refractivity contribution in [2.24, 2.45) is 0 Å². The molecule has 0 radical (unpaired) electrons. The number of halogens is 2. The van der Waals surface area contributed by atoms with E-state index in [-0.39, 0.29) is 0 Å². The molecule has 6 heteroatoms. The van der Waals surface area contributed by atoms with Gasteiger partial charge in [0, 0.05) is 40.5 Å². The lowest BCUT2D eigenvalue weighted by Crippen LogP contribution is -2.13. The van der Waals surface area contributed by atoms with Crippen molar-refractivity contribution in [3.8, 4) is 11.5 Å². The standard InChI is InChI=1S/C21H20BrClN2O2/c1-26-20-9-17(13-25-12-15-5-4-8-24-11-15)18(22)10-21(20)27-14-16-6-2-3-7-19(16)23/h2-11,25H,12-14H2,1H3. The number of nitrogens with one attached hydrogen (secondary N) is 1. The Hall–Kier alpha value is -2.08. The van der Waals surface area contributed by atoms with Crippen LogP contribution in [0.3, 0.4) is 0 Å². The minimum atomic E-state index is 0.376. The monoisotopic (exact) mass is 446 g/mol. The fourth-order valence-electron chi connectivity index (χ4n) is 2.60. The highest BCUT2D eigenvalue weighted by Gasteiger charge is 2.11. The van der Waals surface area contributed by atoms with Gasteiger partial charge in [-0.2, -0.15) is 0 Å². The highest BCUT2D eigenvalue weighted by Crippen LogP contribution is 2.34. The van der Waals surface area contributed by atoms with E-state index in [1.165, 1.54) is 0 Å². The van der Waals surface area contributed by atoms with Crippen molar-refractivity contribution in [3.63, 3.8) is 0 Å². The Bertz CT molecular complexity index is 891. The van der Waals surface area contributed by atoms with Crippen LogP contribution in [0.2, 0.25) is 5.02 Å². The second-order valence-electron chi connectivity index (χ2n) is 5.94. The Labute approximate surface area is 172 Å². The maximum absolute atomic E-state index is 6.20. The summed E-state index contributed by atoms with van der Waals surface area (Å²) in [5.74, 6) is 1.35. The lowest BCUT2D eigenvalue weighted by atomic mass is 10.2. The quantitative estimate of drug-likeness (QED) is 0.504. The molecule has 0 amide bonds. The largest absolute Gasteiger partial charge is 0.493 e. The zero-order chi connectivity index (χ0) is 19.1. The van der Waals surface area contributed by atoms with E-state index >= 15 is 0 Å². The third-order valence-corrected chi connectivity index (χ3v) is 5.15. The van der Waals surface area contributed by atoms with Gasteiger partial charge in [0.05, 0.1) is 7.11 Å². The van der Waals surface area contributed by atoms with Crippen LogP contribution in [0.4, 0.5) is 0 Å². The Kier molecular flexibility index (Phi) is 7.10. The van der Waals surface area contributed by atoms with Gasteiger partial charge in [0.25, 0.3) is 0 Å². The number of nitrogens with zero attached hydrogens (tertiary/aromatic N) is 1. The van der Waals surface area contributed by atoms with E-state index in [4.69, 9.17) is 21.1 Å². The van der Waals surface area contributed by atoms with E-state index in [0.717, 1.165) is 27.7 Å². The Morgan fingerprint density at radius 3 is 2.63 bits per heavy atom. The number of aromatic nitrogens is 1. The minimum Gasteiger partial charge on any atom is -0.493 e. The molecule has 0 aliphatic heterocycles. The van der Waals surface area contributed by atoms with Crippen molar-refractivity contribution < 1.29 is 9.47 Å². The molecular formula is C21H20BrClN2O2. The van der Waals surface area contributed by atoms with Gasteiger partial charge >= 0.3 is 0 Å². The molecule has 0 atom stereocenters. The first-order valence-electron chi connectivity index (χ1n) is 8.49. The van der Waals surface area contributed by atoms with Crippen LogP contribution >= 0.6 is 27.5 Å². The number of hydrogen-bond acceptors (Lipinski definition) is 4. The zero-order valence-corrected chi connectivity index (χ0v) is 17.3. The number of rotatable bonds is 8. The molecule has 1 N–H and O–H groups in total. The van der Waals surface area contributed by atoms with Crippen molar-refractivity contribution in [1.82, 2.24) is 10.3 Å². The Balaban J connectivity index is 1.66. The molecule has 27 heavy (non-hydrogen) atoms. The molecule has 3 aromatic rings. The van der Waals surface area contributed by atoms with Gasteiger partial charge in [0.15, 0.2) is 11.5 Å². The van der Waals surface area contributed by atoms with Crippen LogP contribution in [0.1, 0.15) is 16.7 Å². The van der Waals surface area contributed by atoms with Gasteiger partial charge in [0.2, 0.25) is 0 Å². The van der Waals surface area contributed by atoms with Crippen molar-refractivity contribution in [2.75, 3.05) is 7.11 Å². The van der Waals surface area contributed by atoms with Gasteiger partial charge in [0.1, 0.15) is 6.61 Å². The number of hydrogen-bond donors (Lipinski definition) is 1. The number of methoxy groups -OCH3 is 1. The van der Waals surface area contributed by atoms with E-state index in [1.54, 1.807) is 13.3 Å². The van der Waals surface area contributed by atoms with Crippen molar-refractivity contribution in [1.29, 1.82) is 0 Å². The van der Waals surface area contributed by atoms with Crippen LogP contribution in [0, 0.1) is 0 Å². The first-order chi connectivity index (χ1) is 13.2. The molecule has 4 nitrogen and oxygen atoms in total. The summed E-state index contributed by atoms with van der Waals surface area (Å²) in [6.45, 7) is 1.81. The van der Waals surface area contributed by atoms with Crippen molar-refractivity contribution in [3.05, 3.63) is 87.1 Å². The molecule has 1 heterocycles. The van der Waals surface area contributed by atoms with Gasteiger partial charge < -0.3 is 14.8 Å². The second-order valence-corrected chi connectivity index (χ2v) is 7.20. The number of benzene rings is 2. The van der Waals surface area contributed by atoms with Crippen LogP contribution in [0.5, 0.6) is 11.5 Å². The van der Waals surface area contributed by atoms with Gasteiger partial charge in [-0.15, -0.1) is 0 Å². The normalized spacial score (nSPS) is 10.6. The highest BCUT2D eigenvalue weighted by molar-refractivity contribution is 9.10. The minimum absolute atomic E-state index is 0.376. The molecule has 0 fully saturated rings. The summed E-state index contributed by atoms with van der Waals surface area (Å²) >= 11 is 9.82. The van der Waals surface area contributed by atoms with E-state index < -0.39 is 0 Å². The van der Waals surface area contributed by atoms with E-state index in [0.29, 0.717) is 29.7 Å². The molecule has 0 bridgehead atoms. The summed E-state index contributed by atoms with van der Waals surface area (Å²) in [6.07, 6.45) is 3.63. The molecule has 0 aliphatic rings. The summed E-state index contributed by atoms with van der Waals surface area (Å²) in [5.41, 5.74) is 3.15. The smallest absolute Gasteiger partial charge is 0.162 e. The first-order valence-corrected chi connectivity index (χ1v) is 9.66. The maximum atomic E-state index is 6.20. The summed E-state index contributed by atoms with van der Waals surface area (Å²) in [5, 5.41) is 4.10. The van der Waals surface area contributed by atoms with E-state index in [2.05, 4.69) is 26.2 Å². The third-order valence-electron chi connectivity index (χ3n) is 4.04. The fourth-order valence-corrected chi connectivity index (χ4v) is 3.25. The van der Waals surface area contributed by atoms with Gasteiger partial charge in [-0.3, -0.25) is 4.98 Å². The molecular weight excluding hydrogens is 428 g/mol. The van der Waals surface area contributed by atoms with E-state index in [9.17, 15) is 0 Å². The van der Waals surface area contributed by atoms with Gasteiger partial charge in [-0.25, -0.2) is 0 Å². The predicted octanol–water partition coefficient (Wildman–Crippen LogP) is 5.37. The fraction of sp³-hybridized carbons (Fsp3) is 0.190. The molecule has 3 rings (SSSR count). The highest BCUT2D eigenvalue weighted by atomic mass is 79.9. The molecule has 1 aromatic heterocycles. The van der Waals surface area contributed by atoms with Crippen molar-refractivity contribution >= 4 is 27.5 Å². The molecule has 0 unspecified atom stereocenters. The molecule has 0 saturated carbocycles. The molecule has 2 aromatic carbocycles. The second kappa shape index (κ2) is 9.74. The van der Waals surface area contributed by atoms with Gasteiger partial charge in [-0.05, 0) is 35.4 Å². The SMILES string of the molecule is COc1cc(CNCc2cccnc2)c(Br)cc1OCc1ccccc1Cl. The number of ether oxygens (including phenoxy) is 2. The zero-order valence-electron chi connectivity index (χ0n) is 14.9. The molecule has 0 spiro atoms. The summed E-state index contributed by atoms with van der Waals surface area (Å²) < 4.78 is 12.4. The van der Waals surface area contributed by atoms with Crippen LogP contribution in [-0.2, 0) is 19.7 Å². The van der Waals surface area contributed by atoms with Crippen LogP contribution in [0.25, 0.3) is 0 Å². The van der Waals surface area contributed by atoms with Crippen LogP contribution < -0.4 is 14.8 Å². The maximum Gasteiger partial charge on any atom is 0.162 e. The first kappa shape index (κ1) is 19.7. The summed E-state index contributed by atoms with van der Waals surface area (Å²) in [7, 11) is 1.64. The van der Waals surface area contributed by atoms with Gasteiger partial charge in [-0.1, -0.05) is 51.8 Å². The molecule has 140 valence electrons. The lowest BCUT2D eigenvalue weighted by Gasteiger charge is -2.15.